The van der Waals surface area contributed by atoms with Gasteiger partial charge >= 0.3 is 5.97 Å². The zero-order valence-corrected chi connectivity index (χ0v) is 10.8. The van der Waals surface area contributed by atoms with Crippen molar-refractivity contribution in [3.63, 3.8) is 0 Å². The van der Waals surface area contributed by atoms with E-state index in [0.717, 1.165) is 18.6 Å². The fraction of sp³-hybridized carbons (Fsp3) is 0.667. The topological polar surface area (TPSA) is 66.4 Å². The predicted molar refractivity (Wildman–Crippen MR) is 69.0 cm³/mol. The van der Waals surface area contributed by atoms with Gasteiger partial charge in [-0.25, -0.2) is 4.79 Å². The lowest BCUT2D eigenvalue weighted by Crippen LogP contribution is -2.41. The van der Waals surface area contributed by atoms with E-state index in [4.69, 9.17) is 5.11 Å². The Morgan fingerprint density at radius 1 is 1.59 bits per heavy atom. The van der Waals surface area contributed by atoms with E-state index in [1.165, 1.54) is 0 Å². The highest BCUT2D eigenvalue weighted by atomic mass is 32.2. The van der Waals surface area contributed by atoms with Crippen LogP contribution in [0.3, 0.4) is 0 Å². The van der Waals surface area contributed by atoms with Crippen LogP contribution in [-0.2, 0) is 9.59 Å². The second-order valence-corrected chi connectivity index (χ2v) is 5.20. The number of carbonyl (C=O) groups is 2. The molecular weight excluding hydrogens is 238 g/mol. The zero-order chi connectivity index (χ0) is 12.7. The van der Waals surface area contributed by atoms with Crippen molar-refractivity contribution in [2.45, 2.75) is 31.7 Å². The Balaban J connectivity index is 2.34. The third-order valence-corrected chi connectivity index (χ3v) is 3.45. The number of rotatable bonds is 7. The van der Waals surface area contributed by atoms with Gasteiger partial charge in [-0.3, -0.25) is 4.79 Å². The molecule has 0 radical (unpaired) electrons. The van der Waals surface area contributed by atoms with E-state index in [1.54, 1.807) is 11.8 Å². The van der Waals surface area contributed by atoms with Crippen molar-refractivity contribution in [3.05, 3.63) is 12.2 Å². The van der Waals surface area contributed by atoms with E-state index < -0.39 is 12.0 Å². The maximum atomic E-state index is 11.7. The summed E-state index contributed by atoms with van der Waals surface area (Å²) >= 11 is 1.58. The minimum absolute atomic E-state index is 0.157. The summed E-state index contributed by atoms with van der Waals surface area (Å²) in [6.07, 6.45) is 8.92. The van der Waals surface area contributed by atoms with Crippen molar-refractivity contribution in [1.82, 2.24) is 5.32 Å². The number of allylic oxidation sites excluding steroid dienone is 2. The van der Waals surface area contributed by atoms with Gasteiger partial charge in [0.2, 0.25) is 5.91 Å². The van der Waals surface area contributed by atoms with E-state index in [0.29, 0.717) is 12.8 Å². The van der Waals surface area contributed by atoms with Crippen LogP contribution in [-0.4, -0.2) is 35.0 Å². The first kappa shape index (κ1) is 14.1. The molecule has 0 heterocycles. The highest BCUT2D eigenvalue weighted by Crippen LogP contribution is 2.20. The average molecular weight is 257 g/mol. The quantitative estimate of drug-likeness (QED) is 0.681. The smallest absolute Gasteiger partial charge is 0.326 e. The van der Waals surface area contributed by atoms with Crippen LogP contribution in [0.25, 0.3) is 0 Å². The van der Waals surface area contributed by atoms with Crippen molar-refractivity contribution in [2.75, 3.05) is 12.0 Å². The fourth-order valence-corrected chi connectivity index (χ4v) is 2.32. The van der Waals surface area contributed by atoms with Gasteiger partial charge in [-0.05, 0) is 37.2 Å². The van der Waals surface area contributed by atoms with Crippen molar-refractivity contribution >= 4 is 23.6 Å². The number of carbonyl (C=O) groups excluding carboxylic acids is 1. The summed E-state index contributed by atoms with van der Waals surface area (Å²) in [5.74, 6) is -0.0879. The van der Waals surface area contributed by atoms with Crippen molar-refractivity contribution < 1.29 is 14.7 Å². The van der Waals surface area contributed by atoms with E-state index >= 15 is 0 Å². The van der Waals surface area contributed by atoms with Gasteiger partial charge in [-0.1, -0.05) is 12.2 Å². The third kappa shape index (κ3) is 5.26. The lowest BCUT2D eigenvalue weighted by molar-refractivity contribution is -0.141. The van der Waals surface area contributed by atoms with Gasteiger partial charge in [0.05, 0.1) is 0 Å². The molecule has 2 unspecified atom stereocenters. The van der Waals surface area contributed by atoms with Gasteiger partial charge in [0.25, 0.3) is 0 Å². The molecule has 0 aromatic heterocycles. The van der Waals surface area contributed by atoms with Crippen LogP contribution in [0.15, 0.2) is 12.2 Å². The summed E-state index contributed by atoms with van der Waals surface area (Å²) in [4.78, 5) is 22.6. The monoisotopic (exact) mass is 257 g/mol. The van der Waals surface area contributed by atoms with Crippen LogP contribution >= 0.6 is 11.8 Å². The summed E-state index contributed by atoms with van der Waals surface area (Å²) in [5.41, 5.74) is 0. The van der Waals surface area contributed by atoms with Crippen molar-refractivity contribution in [3.8, 4) is 0 Å². The molecule has 2 N–H and O–H groups in total. The second kappa shape index (κ2) is 7.37. The van der Waals surface area contributed by atoms with Gasteiger partial charge in [0, 0.05) is 6.42 Å². The minimum Gasteiger partial charge on any atom is -0.480 e. The number of hydrogen-bond donors (Lipinski definition) is 2. The Morgan fingerprint density at radius 3 is 2.88 bits per heavy atom. The molecule has 1 rings (SSSR count). The Kier molecular flexibility index (Phi) is 6.11. The summed E-state index contributed by atoms with van der Waals surface area (Å²) in [6.45, 7) is 0. The molecule has 0 aromatic carbocycles. The molecule has 0 saturated heterocycles. The van der Waals surface area contributed by atoms with Crippen molar-refractivity contribution in [1.29, 1.82) is 0 Å². The summed E-state index contributed by atoms with van der Waals surface area (Å²) < 4.78 is 0. The number of hydrogen-bond acceptors (Lipinski definition) is 3. The van der Waals surface area contributed by atoms with Crippen LogP contribution in [0.2, 0.25) is 0 Å². The maximum absolute atomic E-state index is 11.7. The molecule has 0 aliphatic heterocycles. The van der Waals surface area contributed by atoms with Crippen LogP contribution < -0.4 is 5.32 Å². The first-order chi connectivity index (χ1) is 8.13. The van der Waals surface area contributed by atoms with E-state index in [9.17, 15) is 9.59 Å². The van der Waals surface area contributed by atoms with E-state index in [-0.39, 0.29) is 11.8 Å². The lowest BCUT2D eigenvalue weighted by atomic mass is 10.0. The molecular formula is C12H19NO3S. The zero-order valence-electron chi connectivity index (χ0n) is 10.0. The largest absolute Gasteiger partial charge is 0.480 e. The molecule has 5 heteroatoms. The first-order valence-corrected chi connectivity index (χ1v) is 7.20. The normalized spacial score (nSPS) is 20.2. The Hall–Kier alpha value is -0.970. The fourth-order valence-electron chi connectivity index (χ4n) is 1.85. The molecule has 2 atom stereocenters. The van der Waals surface area contributed by atoms with Crippen LogP contribution in [0.1, 0.15) is 25.7 Å². The molecule has 0 bridgehead atoms. The van der Waals surface area contributed by atoms with Gasteiger partial charge in [-0.15, -0.1) is 0 Å². The summed E-state index contributed by atoms with van der Waals surface area (Å²) in [6, 6.07) is -0.750. The molecule has 0 spiro atoms. The molecule has 17 heavy (non-hydrogen) atoms. The molecule has 4 nitrogen and oxygen atoms in total. The summed E-state index contributed by atoms with van der Waals surface area (Å²) in [5, 5.41) is 11.6. The maximum Gasteiger partial charge on any atom is 0.326 e. The van der Waals surface area contributed by atoms with Crippen LogP contribution in [0.5, 0.6) is 0 Å². The van der Waals surface area contributed by atoms with E-state index in [1.807, 2.05) is 12.3 Å². The Morgan fingerprint density at radius 2 is 2.35 bits per heavy atom. The van der Waals surface area contributed by atoms with Gasteiger partial charge in [0.1, 0.15) is 6.04 Å². The predicted octanol–water partition coefficient (Wildman–Crippen LogP) is 1.67. The number of carboxylic acid groups (broad SMARTS) is 1. The lowest BCUT2D eigenvalue weighted by Gasteiger charge is -2.15. The highest BCUT2D eigenvalue weighted by Gasteiger charge is 2.21. The first-order valence-electron chi connectivity index (χ1n) is 5.81. The van der Waals surface area contributed by atoms with E-state index in [2.05, 4.69) is 11.4 Å². The third-order valence-electron chi connectivity index (χ3n) is 2.80. The second-order valence-electron chi connectivity index (χ2n) is 4.21. The Bertz CT molecular complexity index is 304. The standard InChI is InChI=1S/C12H19NO3S/c1-17-7-6-10(12(15)16)13-11(14)8-9-4-2-3-5-9/h2,4,9-10H,3,5-8H2,1H3,(H,13,14)(H,15,16). The number of thioether (sulfide) groups is 1. The average Bonchev–Trinajstić information content (AvgIpc) is 2.76. The molecule has 1 aliphatic carbocycles. The van der Waals surface area contributed by atoms with Gasteiger partial charge in [-0.2, -0.15) is 11.8 Å². The Labute approximate surface area is 106 Å². The van der Waals surface area contributed by atoms with Crippen molar-refractivity contribution in [2.24, 2.45) is 5.92 Å². The molecule has 1 aliphatic rings. The minimum atomic E-state index is -0.950. The number of nitrogens with one attached hydrogen (secondary N) is 1. The van der Waals surface area contributed by atoms with Crippen LogP contribution in [0.4, 0.5) is 0 Å². The number of aliphatic carboxylic acids is 1. The molecule has 96 valence electrons. The number of amides is 1. The highest BCUT2D eigenvalue weighted by molar-refractivity contribution is 7.98. The summed E-state index contributed by atoms with van der Waals surface area (Å²) in [7, 11) is 0. The number of carboxylic acids is 1. The molecule has 0 aromatic rings. The molecule has 0 fully saturated rings. The SMILES string of the molecule is CSCCC(NC(=O)CC1C=CCC1)C(=O)O. The van der Waals surface area contributed by atoms with Gasteiger partial charge < -0.3 is 10.4 Å². The van der Waals surface area contributed by atoms with Gasteiger partial charge in [0.15, 0.2) is 0 Å². The molecule has 0 saturated carbocycles. The molecule has 1 amide bonds. The van der Waals surface area contributed by atoms with Crippen LogP contribution in [0, 0.1) is 5.92 Å².